The topological polar surface area (TPSA) is 56.1 Å². The summed E-state index contributed by atoms with van der Waals surface area (Å²) in [6, 6.07) is 21.4. The second kappa shape index (κ2) is 12.2. The normalized spacial score (nSPS) is 11.1. The van der Waals surface area contributed by atoms with Gasteiger partial charge in [0.1, 0.15) is 11.6 Å². The van der Waals surface area contributed by atoms with Crippen molar-refractivity contribution in [2.24, 2.45) is 0 Å². The molecule has 7 heteroatoms. The number of ether oxygens (including phenoxy) is 1. The molecule has 0 aliphatic heterocycles. The molecule has 1 N–H and O–H groups in total. The van der Waals surface area contributed by atoms with E-state index in [1.54, 1.807) is 0 Å². The molecular weight excluding hydrogens is 526 g/mol. The molecule has 0 aliphatic rings. The third-order valence-electron chi connectivity index (χ3n) is 5.86. The Morgan fingerprint density at radius 2 is 1.91 bits per heavy atom. The molecule has 0 fully saturated rings. The van der Waals surface area contributed by atoms with Crippen molar-refractivity contribution in [2.75, 3.05) is 13.2 Å². The Bertz CT molecular complexity index is 1300. The van der Waals surface area contributed by atoms with Crippen LogP contribution in [0.25, 0.3) is 11.0 Å². The van der Waals surface area contributed by atoms with Gasteiger partial charge < -0.3 is 14.6 Å². The van der Waals surface area contributed by atoms with E-state index < -0.39 is 0 Å². The van der Waals surface area contributed by atoms with E-state index in [1.807, 2.05) is 55.5 Å². The number of halogens is 2. The number of aromatic nitrogens is 2. The standard InChI is InChI=1S/C28H29BrClN3O2/c1-20-18-23(13-14-24(20)30)35-17-5-4-16-33-26-11-3-2-10-25(26)32-27(33)12-7-15-31-28(34)21-8-6-9-22(29)19-21/h2-3,6,8-11,13-14,18-19H,4-5,7,12,15-17H2,1H3,(H,31,34). The molecule has 3 aromatic carbocycles. The third kappa shape index (κ3) is 6.86. The van der Waals surface area contributed by atoms with Crippen LogP contribution in [-0.2, 0) is 13.0 Å². The fraction of sp³-hybridized carbons (Fsp3) is 0.286. The quantitative estimate of drug-likeness (QED) is 0.203. The lowest BCUT2D eigenvalue weighted by molar-refractivity contribution is 0.0953. The fourth-order valence-corrected chi connectivity index (χ4v) is 4.53. The van der Waals surface area contributed by atoms with Gasteiger partial charge in [0.25, 0.3) is 5.91 Å². The Labute approximate surface area is 219 Å². The first-order valence-corrected chi connectivity index (χ1v) is 13.1. The van der Waals surface area contributed by atoms with Crippen LogP contribution in [0.5, 0.6) is 5.75 Å². The number of hydrogen-bond acceptors (Lipinski definition) is 3. The number of nitrogens with zero attached hydrogens (tertiary/aromatic N) is 2. The summed E-state index contributed by atoms with van der Waals surface area (Å²) in [5.74, 6) is 1.85. The first kappa shape index (κ1) is 25.3. The molecule has 0 atom stereocenters. The van der Waals surface area contributed by atoms with Gasteiger partial charge >= 0.3 is 0 Å². The lowest BCUT2D eigenvalue weighted by Crippen LogP contribution is -2.25. The van der Waals surface area contributed by atoms with Crippen LogP contribution in [0.15, 0.2) is 71.2 Å². The summed E-state index contributed by atoms with van der Waals surface area (Å²) in [4.78, 5) is 17.2. The number of unbranched alkanes of at least 4 members (excludes halogenated alkanes) is 1. The highest BCUT2D eigenvalue weighted by Gasteiger charge is 2.11. The molecule has 4 aromatic rings. The summed E-state index contributed by atoms with van der Waals surface area (Å²) in [6.45, 7) is 4.11. The summed E-state index contributed by atoms with van der Waals surface area (Å²) < 4.78 is 9.10. The molecule has 35 heavy (non-hydrogen) atoms. The molecule has 0 spiro atoms. The molecule has 182 valence electrons. The van der Waals surface area contributed by atoms with Gasteiger partial charge in [0.15, 0.2) is 0 Å². The number of fused-ring (bicyclic) bond motifs is 1. The first-order chi connectivity index (χ1) is 17.0. The van der Waals surface area contributed by atoms with E-state index in [2.05, 4.69) is 44.0 Å². The van der Waals surface area contributed by atoms with Gasteiger partial charge in [0.05, 0.1) is 17.6 Å². The monoisotopic (exact) mass is 553 g/mol. The number of carbonyl (C=O) groups excluding carboxylic acids is 1. The van der Waals surface area contributed by atoms with E-state index >= 15 is 0 Å². The van der Waals surface area contributed by atoms with Crippen molar-refractivity contribution in [1.82, 2.24) is 14.9 Å². The van der Waals surface area contributed by atoms with Gasteiger partial charge in [-0.3, -0.25) is 4.79 Å². The van der Waals surface area contributed by atoms with Crippen LogP contribution in [0.3, 0.4) is 0 Å². The molecule has 5 nitrogen and oxygen atoms in total. The van der Waals surface area contributed by atoms with Gasteiger partial charge in [-0.2, -0.15) is 0 Å². The maximum absolute atomic E-state index is 12.4. The van der Waals surface area contributed by atoms with Crippen LogP contribution in [0.1, 0.15) is 41.0 Å². The number of hydrogen-bond donors (Lipinski definition) is 1. The average molecular weight is 555 g/mol. The lowest BCUT2D eigenvalue weighted by Gasteiger charge is -2.11. The van der Waals surface area contributed by atoms with Crippen molar-refractivity contribution in [3.63, 3.8) is 0 Å². The zero-order valence-electron chi connectivity index (χ0n) is 19.8. The zero-order valence-corrected chi connectivity index (χ0v) is 22.1. The predicted octanol–water partition coefficient (Wildman–Crippen LogP) is 6.98. The molecule has 4 rings (SSSR count). The lowest BCUT2D eigenvalue weighted by atomic mass is 10.2. The molecule has 0 unspecified atom stereocenters. The number of aryl methyl sites for hydroxylation is 3. The molecule has 1 aromatic heterocycles. The molecule has 0 saturated heterocycles. The fourth-order valence-electron chi connectivity index (χ4n) is 4.01. The van der Waals surface area contributed by atoms with E-state index in [0.29, 0.717) is 18.7 Å². The van der Waals surface area contributed by atoms with Gasteiger partial charge in [-0.15, -0.1) is 0 Å². The van der Waals surface area contributed by atoms with Crippen LogP contribution in [-0.4, -0.2) is 28.6 Å². The summed E-state index contributed by atoms with van der Waals surface area (Å²) in [7, 11) is 0. The molecular formula is C28H29BrClN3O2. The number of rotatable bonds is 11. The van der Waals surface area contributed by atoms with E-state index in [-0.39, 0.29) is 5.91 Å². The number of nitrogens with one attached hydrogen (secondary N) is 1. The minimum absolute atomic E-state index is 0.0596. The smallest absolute Gasteiger partial charge is 0.251 e. The van der Waals surface area contributed by atoms with Crippen molar-refractivity contribution < 1.29 is 9.53 Å². The predicted molar refractivity (Wildman–Crippen MR) is 145 cm³/mol. The second-order valence-electron chi connectivity index (χ2n) is 8.50. The second-order valence-corrected chi connectivity index (χ2v) is 9.83. The van der Waals surface area contributed by atoms with Crippen molar-refractivity contribution in [2.45, 2.75) is 39.2 Å². The molecule has 1 heterocycles. The number of imidazole rings is 1. The number of amides is 1. The molecule has 1 amide bonds. The summed E-state index contributed by atoms with van der Waals surface area (Å²) in [5.41, 5.74) is 3.83. The van der Waals surface area contributed by atoms with Crippen LogP contribution in [0, 0.1) is 6.92 Å². The molecule has 0 bridgehead atoms. The number of carbonyl (C=O) groups is 1. The van der Waals surface area contributed by atoms with Gasteiger partial charge in [-0.25, -0.2) is 4.98 Å². The average Bonchev–Trinajstić information content (AvgIpc) is 3.21. The minimum Gasteiger partial charge on any atom is -0.494 e. The first-order valence-electron chi connectivity index (χ1n) is 11.9. The number of para-hydroxylation sites is 2. The maximum atomic E-state index is 12.4. The summed E-state index contributed by atoms with van der Waals surface area (Å²) in [6.07, 6.45) is 3.55. The van der Waals surface area contributed by atoms with Crippen LogP contribution in [0.4, 0.5) is 0 Å². The Kier molecular flexibility index (Phi) is 8.83. The van der Waals surface area contributed by atoms with Gasteiger partial charge in [0.2, 0.25) is 0 Å². The van der Waals surface area contributed by atoms with E-state index in [0.717, 1.165) is 69.9 Å². The summed E-state index contributed by atoms with van der Waals surface area (Å²) >= 11 is 9.50. The van der Waals surface area contributed by atoms with E-state index in [9.17, 15) is 4.79 Å². The van der Waals surface area contributed by atoms with Gasteiger partial charge in [0, 0.05) is 34.6 Å². The maximum Gasteiger partial charge on any atom is 0.251 e. The van der Waals surface area contributed by atoms with Gasteiger partial charge in [-0.1, -0.05) is 45.7 Å². The van der Waals surface area contributed by atoms with E-state index in [4.69, 9.17) is 21.3 Å². The molecule has 0 saturated carbocycles. The SMILES string of the molecule is Cc1cc(OCCCCn2c(CCCNC(=O)c3cccc(Br)c3)nc3ccccc32)ccc1Cl. The highest BCUT2D eigenvalue weighted by molar-refractivity contribution is 9.10. The Morgan fingerprint density at radius 1 is 1.06 bits per heavy atom. The summed E-state index contributed by atoms with van der Waals surface area (Å²) in [5, 5.41) is 3.77. The largest absolute Gasteiger partial charge is 0.494 e. The molecule has 0 aliphatic carbocycles. The van der Waals surface area contributed by atoms with Crippen LogP contribution >= 0.6 is 27.5 Å². The highest BCUT2D eigenvalue weighted by atomic mass is 79.9. The van der Waals surface area contributed by atoms with Crippen molar-refractivity contribution in [3.8, 4) is 5.75 Å². The molecule has 0 radical (unpaired) electrons. The number of benzene rings is 3. The third-order valence-corrected chi connectivity index (χ3v) is 6.77. The van der Waals surface area contributed by atoms with Crippen molar-refractivity contribution in [1.29, 1.82) is 0 Å². The Balaban J connectivity index is 1.29. The Morgan fingerprint density at radius 3 is 2.74 bits per heavy atom. The zero-order chi connectivity index (χ0) is 24.6. The van der Waals surface area contributed by atoms with E-state index in [1.165, 1.54) is 0 Å². The van der Waals surface area contributed by atoms with Crippen LogP contribution in [0.2, 0.25) is 5.02 Å². The van der Waals surface area contributed by atoms with Crippen molar-refractivity contribution in [3.05, 3.63) is 93.2 Å². The Hall–Kier alpha value is -2.83. The van der Waals surface area contributed by atoms with Gasteiger partial charge in [-0.05, 0) is 80.3 Å². The highest BCUT2D eigenvalue weighted by Crippen LogP contribution is 2.22. The van der Waals surface area contributed by atoms with Crippen LogP contribution < -0.4 is 10.1 Å². The van der Waals surface area contributed by atoms with Crippen molar-refractivity contribution >= 4 is 44.5 Å². The minimum atomic E-state index is -0.0596.